The van der Waals surface area contributed by atoms with Gasteiger partial charge in [0.15, 0.2) is 0 Å². The molecule has 1 aliphatic rings. The zero-order valence-corrected chi connectivity index (χ0v) is 18.9. The first-order chi connectivity index (χ1) is 11.4. The molecule has 0 spiro atoms. The molecule has 14 heteroatoms. The van der Waals surface area contributed by atoms with Gasteiger partial charge in [-0.05, 0) is 18.2 Å². The molecule has 0 atom stereocenters. The van der Waals surface area contributed by atoms with Crippen LogP contribution >= 0.6 is 21.2 Å². The summed E-state index contributed by atoms with van der Waals surface area (Å²) in [5.41, 5.74) is -2.96. The van der Waals surface area contributed by atoms with E-state index in [1.165, 1.54) is 18.2 Å². The van der Waals surface area contributed by atoms with Gasteiger partial charge in [0.05, 0.1) is 42.0 Å². The minimum atomic E-state index is -4.50. The molecule has 0 N–H and O–H groups in total. The summed E-state index contributed by atoms with van der Waals surface area (Å²) in [5, 5.41) is 22.5. The fourth-order valence-electron chi connectivity index (χ4n) is 2.19. The van der Waals surface area contributed by atoms with E-state index >= 15 is 0 Å². The van der Waals surface area contributed by atoms with Crippen LogP contribution in [0.4, 0.5) is 0 Å². The summed E-state index contributed by atoms with van der Waals surface area (Å²) in [5.74, 6) is 0. The van der Waals surface area contributed by atoms with E-state index < -0.39 is 48.6 Å². The third-order valence-corrected chi connectivity index (χ3v) is 7.84. The predicted octanol–water partition coefficient (Wildman–Crippen LogP) is 1.65. The largest absolute Gasteiger partial charge is 0.482 e. The molecule has 1 aromatic carbocycles. The second kappa shape index (κ2) is 8.23. The molecule has 0 aromatic heterocycles. The Hall–Kier alpha value is -0.532. The van der Waals surface area contributed by atoms with E-state index in [1.54, 1.807) is 0 Å². The third-order valence-electron chi connectivity index (χ3n) is 3.47. The molecule has 0 unspecified atom stereocenters. The Morgan fingerprint density at radius 3 is 1.92 bits per heavy atom. The fraction of sp³-hybridized carbons (Fsp3) is 0.167. The van der Waals surface area contributed by atoms with Crippen LogP contribution in [0.1, 0.15) is 6.42 Å². The SMILES string of the molecule is O=[N+]([O-])C1([N+](=O)[O-])C=CC(S(=O)(=O)I)=C(S(=O)(=O)c2ccccc2)C1.[Sm]. The normalized spacial score (nSPS) is 16.7. The van der Waals surface area contributed by atoms with Crippen LogP contribution in [-0.2, 0) is 16.8 Å². The molecule has 0 radical (unpaired) electrons. The quantitative estimate of drug-likeness (QED) is 0.153. The zero-order valence-electron chi connectivity index (χ0n) is 12.5. The van der Waals surface area contributed by atoms with Crippen molar-refractivity contribution in [2.24, 2.45) is 0 Å². The summed E-state index contributed by atoms with van der Waals surface area (Å²) in [6.45, 7) is 0. The molecule has 1 aromatic rings. The van der Waals surface area contributed by atoms with Crippen LogP contribution in [0.5, 0.6) is 0 Å². The van der Waals surface area contributed by atoms with Crippen molar-refractivity contribution in [2.45, 2.75) is 17.0 Å². The minimum Gasteiger partial charge on any atom is -0.258 e. The number of hydrogen-bond donors (Lipinski definition) is 0. The van der Waals surface area contributed by atoms with Crippen LogP contribution in [0, 0.1) is 60.6 Å². The van der Waals surface area contributed by atoms with Crippen molar-refractivity contribution in [3.63, 3.8) is 0 Å². The molecule has 0 aliphatic heterocycles. The second-order valence-electron chi connectivity index (χ2n) is 4.94. The molecule has 0 bridgehead atoms. The van der Waals surface area contributed by atoms with E-state index in [1.807, 2.05) is 0 Å². The Kier molecular flexibility index (Phi) is 7.44. The van der Waals surface area contributed by atoms with Crippen LogP contribution in [0.25, 0.3) is 0 Å². The van der Waals surface area contributed by atoms with E-state index in [9.17, 15) is 37.1 Å². The van der Waals surface area contributed by atoms with E-state index in [2.05, 4.69) is 0 Å². The minimum absolute atomic E-state index is 0. The Morgan fingerprint density at radius 2 is 1.50 bits per heavy atom. The van der Waals surface area contributed by atoms with Gasteiger partial charge in [-0.1, -0.05) is 18.2 Å². The first kappa shape index (κ1) is 23.5. The first-order valence-electron chi connectivity index (χ1n) is 6.39. The van der Waals surface area contributed by atoms with Crippen molar-refractivity contribution in [2.75, 3.05) is 0 Å². The molecule has 140 valence electrons. The van der Waals surface area contributed by atoms with Gasteiger partial charge in [0.2, 0.25) is 16.8 Å². The zero-order chi connectivity index (χ0) is 19.0. The number of benzene rings is 1. The van der Waals surface area contributed by atoms with E-state index in [0.717, 1.165) is 33.3 Å². The van der Waals surface area contributed by atoms with Crippen molar-refractivity contribution >= 4 is 38.1 Å². The van der Waals surface area contributed by atoms with Gasteiger partial charge in [-0.25, -0.2) is 16.8 Å². The summed E-state index contributed by atoms with van der Waals surface area (Å²) in [6.07, 6.45) is -0.118. The Morgan fingerprint density at radius 1 is 1.00 bits per heavy atom. The van der Waals surface area contributed by atoms with Gasteiger partial charge in [-0.15, -0.1) is 0 Å². The molecule has 0 saturated carbocycles. The maximum atomic E-state index is 12.8. The Balaban J connectivity index is 0.00000338. The van der Waals surface area contributed by atoms with E-state index in [0.29, 0.717) is 12.2 Å². The van der Waals surface area contributed by atoms with Crippen molar-refractivity contribution < 1.29 is 67.1 Å². The number of nitrogens with zero attached hydrogens (tertiary/aromatic N) is 2. The van der Waals surface area contributed by atoms with Gasteiger partial charge < -0.3 is 0 Å². The van der Waals surface area contributed by atoms with Gasteiger partial charge in [0.25, 0.3) is 0 Å². The maximum absolute atomic E-state index is 12.8. The fourth-order valence-corrected chi connectivity index (χ4v) is 6.64. The average Bonchev–Trinajstić information content (AvgIpc) is 2.53. The maximum Gasteiger partial charge on any atom is 0.482 e. The number of nitro groups is 2. The van der Waals surface area contributed by atoms with Crippen LogP contribution in [-0.4, -0.2) is 32.3 Å². The topological polar surface area (TPSA) is 155 Å². The standard InChI is InChI=1S/C12H9IN2O8S2.Sm/c13-25(22,23)10-6-7-12(14(16)17,15(18)19)8-11(10)24(20,21)9-4-2-1-3-5-9;/h1-7H,8H2;. The van der Waals surface area contributed by atoms with Gasteiger partial charge in [-0.2, -0.15) is 0 Å². The van der Waals surface area contributed by atoms with Crippen LogP contribution in [0.3, 0.4) is 0 Å². The van der Waals surface area contributed by atoms with Gasteiger partial charge in [0, 0.05) is 40.4 Å². The second-order valence-corrected chi connectivity index (χ2v) is 11.7. The number of sulfone groups is 1. The number of halogens is 1. The van der Waals surface area contributed by atoms with Crippen molar-refractivity contribution in [1.82, 2.24) is 0 Å². The molecule has 2 rings (SSSR count). The molecule has 0 heterocycles. The molecule has 26 heavy (non-hydrogen) atoms. The molecule has 0 fully saturated rings. The molecular weight excluding hydrogens is 642 g/mol. The van der Waals surface area contributed by atoms with Crippen LogP contribution in [0.15, 0.2) is 57.2 Å². The monoisotopic (exact) mass is 652 g/mol. The molecular formula is C12H9IN2O8S2Sm. The first-order valence-corrected chi connectivity index (χ1v) is 11.9. The van der Waals surface area contributed by atoms with Crippen LogP contribution < -0.4 is 0 Å². The molecule has 10 nitrogen and oxygen atoms in total. The van der Waals surface area contributed by atoms with E-state index in [4.69, 9.17) is 0 Å². The number of hydrogen-bond acceptors (Lipinski definition) is 8. The number of allylic oxidation sites excluding steroid dienone is 1. The number of rotatable bonds is 5. The molecule has 1 aliphatic carbocycles. The average molecular weight is 651 g/mol. The van der Waals surface area contributed by atoms with Gasteiger partial charge >= 0.3 is 5.66 Å². The summed E-state index contributed by atoms with van der Waals surface area (Å²) < 4.78 is 49.3. The summed E-state index contributed by atoms with van der Waals surface area (Å²) >= 11 is 0.976. The van der Waals surface area contributed by atoms with Crippen LogP contribution in [0.2, 0.25) is 0 Å². The summed E-state index contributed by atoms with van der Waals surface area (Å²) in [4.78, 5) is 18.0. The van der Waals surface area contributed by atoms with E-state index in [-0.39, 0.29) is 45.3 Å². The molecule has 0 amide bonds. The van der Waals surface area contributed by atoms with Crippen molar-refractivity contribution in [1.29, 1.82) is 0 Å². The summed E-state index contributed by atoms with van der Waals surface area (Å²) in [7, 11) is -8.63. The smallest absolute Gasteiger partial charge is 0.258 e. The summed E-state index contributed by atoms with van der Waals surface area (Å²) in [6, 6.07) is 6.59. The van der Waals surface area contributed by atoms with Crippen molar-refractivity contribution in [3.05, 3.63) is 72.5 Å². The Bertz CT molecular complexity index is 1000. The van der Waals surface area contributed by atoms with Crippen molar-refractivity contribution in [3.8, 4) is 0 Å². The predicted molar refractivity (Wildman–Crippen MR) is 94.1 cm³/mol. The Labute approximate surface area is 192 Å². The third kappa shape index (κ3) is 4.30. The van der Waals surface area contributed by atoms with Gasteiger partial charge in [0.1, 0.15) is 16.3 Å². The van der Waals surface area contributed by atoms with Gasteiger partial charge in [-0.3, -0.25) is 20.2 Å². The molecule has 0 saturated heterocycles.